The monoisotopic (exact) mass is 279 g/mol. The molecule has 0 radical (unpaired) electrons. The third-order valence-electron chi connectivity index (χ3n) is 3.59. The molecule has 1 amide bonds. The van der Waals surface area contributed by atoms with Gasteiger partial charge in [-0.05, 0) is 49.9 Å². The van der Waals surface area contributed by atoms with Crippen molar-refractivity contribution >= 4 is 21.8 Å². The number of halogens is 1. The van der Waals surface area contributed by atoms with E-state index in [1.807, 2.05) is 13.0 Å². The summed E-state index contributed by atoms with van der Waals surface area (Å²) in [5.74, 6) is 0.231. The minimum absolute atomic E-state index is 0.231. The normalized spacial score (nSPS) is 23.8. The molecule has 1 saturated carbocycles. The van der Waals surface area contributed by atoms with Gasteiger partial charge in [0.25, 0.3) is 5.91 Å². The summed E-state index contributed by atoms with van der Waals surface area (Å²) in [6, 6.07) is 4.85. The van der Waals surface area contributed by atoms with Crippen molar-refractivity contribution < 1.29 is 4.79 Å². The molecule has 1 aliphatic carbocycles. The number of nitrogens with zero attached hydrogens (tertiary/aromatic N) is 1. The summed E-state index contributed by atoms with van der Waals surface area (Å²) in [6.07, 6.45) is 2.34. The Balaban J connectivity index is 2.14. The fraction of sp³-hybridized carbons (Fsp3) is 0.462. The summed E-state index contributed by atoms with van der Waals surface area (Å²) in [4.78, 5) is 14.4. The highest BCUT2D eigenvalue weighted by Gasteiger charge is 2.43. The average molecular weight is 280 g/mol. The van der Waals surface area contributed by atoms with Crippen LogP contribution in [0.5, 0.6) is 0 Å². The molecule has 0 saturated heterocycles. The van der Waals surface area contributed by atoms with Crippen LogP contribution in [0.3, 0.4) is 0 Å². The van der Waals surface area contributed by atoms with Gasteiger partial charge < -0.3 is 4.90 Å². The van der Waals surface area contributed by atoms with Crippen molar-refractivity contribution in [3.05, 3.63) is 33.3 Å². The van der Waals surface area contributed by atoms with Gasteiger partial charge in [0, 0.05) is 16.1 Å². The SMILES string of the molecule is Cc1cc(Br)cc2c1C(=O)N(C1CC1)C2C. The van der Waals surface area contributed by atoms with Gasteiger partial charge in [-0.2, -0.15) is 0 Å². The Hall–Kier alpha value is -0.830. The predicted octanol–water partition coefficient (Wildman–Crippen LogP) is 3.44. The number of hydrogen-bond donors (Lipinski definition) is 0. The zero-order valence-electron chi connectivity index (χ0n) is 9.46. The maximum absolute atomic E-state index is 12.3. The van der Waals surface area contributed by atoms with Crippen LogP contribution in [0.2, 0.25) is 0 Å². The molecule has 1 aromatic rings. The van der Waals surface area contributed by atoms with Crippen molar-refractivity contribution in [1.29, 1.82) is 0 Å². The third kappa shape index (κ3) is 1.34. The van der Waals surface area contributed by atoms with E-state index in [1.165, 1.54) is 18.4 Å². The van der Waals surface area contributed by atoms with Crippen molar-refractivity contribution in [1.82, 2.24) is 4.90 Å². The van der Waals surface area contributed by atoms with Gasteiger partial charge in [0.15, 0.2) is 0 Å². The van der Waals surface area contributed by atoms with Gasteiger partial charge in [0.05, 0.1) is 6.04 Å². The molecule has 84 valence electrons. The molecule has 3 heteroatoms. The van der Waals surface area contributed by atoms with Crippen molar-refractivity contribution in [2.45, 2.75) is 38.8 Å². The van der Waals surface area contributed by atoms with E-state index < -0.39 is 0 Å². The standard InChI is InChI=1S/C13H14BrNO/c1-7-5-9(14)6-11-8(2)15(10-3-4-10)13(16)12(7)11/h5-6,8,10H,3-4H2,1-2H3. The second kappa shape index (κ2) is 3.33. The first-order chi connectivity index (χ1) is 7.59. The van der Waals surface area contributed by atoms with Crippen LogP contribution in [0.15, 0.2) is 16.6 Å². The third-order valence-corrected chi connectivity index (χ3v) is 4.04. The van der Waals surface area contributed by atoms with Gasteiger partial charge in [-0.1, -0.05) is 15.9 Å². The van der Waals surface area contributed by atoms with Crippen LogP contribution in [0.1, 0.15) is 47.3 Å². The number of rotatable bonds is 1. The van der Waals surface area contributed by atoms with E-state index in [1.54, 1.807) is 0 Å². The van der Waals surface area contributed by atoms with Crippen molar-refractivity contribution in [2.24, 2.45) is 0 Å². The Kier molecular flexibility index (Phi) is 2.15. The quantitative estimate of drug-likeness (QED) is 0.771. The van der Waals surface area contributed by atoms with Crippen LogP contribution < -0.4 is 0 Å². The molecule has 1 fully saturated rings. The van der Waals surface area contributed by atoms with Crippen LogP contribution >= 0.6 is 15.9 Å². The number of aryl methyl sites for hydroxylation is 1. The molecule has 3 rings (SSSR count). The highest BCUT2D eigenvalue weighted by Crippen LogP contribution is 2.43. The van der Waals surface area contributed by atoms with E-state index in [2.05, 4.69) is 33.8 Å². The molecular formula is C13H14BrNO. The van der Waals surface area contributed by atoms with Gasteiger partial charge >= 0.3 is 0 Å². The summed E-state index contributed by atoms with van der Waals surface area (Å²) >= 11 is 3.51. The molecule has 0 N–H and O–H groups in total. The first kappa shape index (κ1) is 10.3. The van der Waals surface area contributed by atoms with Gasteiger partial charge in [-0.15, -0.1) is 0 Å². The van der Waals surface area contributed by atoms with Crippen LogP contribution in [-0.2, 0) is 0 Å². The Bertz CT molecular complexity index is 479. The molecule has 2 aliphatic rings. The molecule has 1 heterocycles. The minimum atomic E-state index is 0.231. The molecule has 1 atom stereocenters. The lowest BCUT2D eigenvalue weighted by atomic mass is 10.0. The minimum Gasteiger partial charge on any atom is -0.329 e. The Labute approximate surface area is 104 Å². The smallest absolute Gasteiger partial charge is 0.255 e. The first-order valence-electron chi connectivity index (χ1n) is 5.72. The van der Waals surface area contributed by atoms with Gasteiger partial charge in [-0.25, -0.2) is 0 Å². The maximum atomic E-state index is 12.3. The van der Waals surface area contributed by atoms with E-state index in [9.17, 15) is 4.79 Å². The number of hydrogen-bond acceptors (Lipinski definition) is 1. The molecule has 0 bridgehead atoms. The zero-order chi connectivity index (χ0) is 11.4. The molecule has 0 spiro atoms. The van der Waals surface area contributed by atoms with E-state index in [-0.39, 0.29) is 11.9 Å². The summed E-state index contributed by atoms with van der Waals surface area (Å²) in [5, 5.41) is 0. The second-order valence-electron chi connectivity index (χ2n) is 4.81. The molecular weight excluding hydrogens is 266 g/mol. The number of carbonyl (C=O) groups is 1. The van der Waals surface area contributed by atoms with E-state index in [4.69, 9.17) is 0 Å². The molecule has 1 aromatic carbocycles. The topological polar surface area (TPSA) is 20.3 Å². The lowest BCUT2D eigenvalue weighted by Crippen LogP contribution is -2.28. The molecule has 1 unspecified atom stereocenters. The molecule has 16 heavy (non-hydrogen) atoms. The van der Waals surface area contributed by atoms with E-state index in [0.717, 1.165) is 15.6 Å². The van der Waals surface area contributed by atoms with E-state index >= 15 is 0 Å². The lowest BCUT2D eigenvalue weighted by molar-refractivity contribution is 0.0722. The van der Waals surface area contributed by atoms with E-state index in [0.29, 0.717) is 6.04 Å². The fourth-order valence-corrected chi connectivity index (χ4v) is 3.27. The average Bonchev–Trinajstić information content (AvgIpc) is 2.97. The zero-order valence-corrected chi connectivity index (χ0v) is 11.0. The summed E-state index contributed by atoms with van der Waals surface area (Å²) in [6.45, 7) is 4.15. The Morgan fingerprint density at radius 2 is 2.06 bits per heavy atom. The number of amides is 1. The van der Waals surface area contributed by atoms with Crippen molar-refractivity contribution in [3.63, 3.8) is 0 Å². The Morgan fingerprint density at radius 1 is 1.38 bits per heavy atom. The van der Waals surface area contributed by atoms with Crippen LogP contribution in [-0.4, -0.2) is 16.8 Å². The maximum Gasteiger partial charge on any atom is 0.255 e. The summed E-state index contributed by atoms with van der Waals surface area (Å²) in [7, 11) is 0. The van der Waals surface area contributed by atoms with Gasteiger partial charge in [0.1, 0.15) is 0 Å². The van der Waals surface area contributed by atoms with Crippen molar-refractivity contribution in [3.8, 4) is 0 Å². The van der Waals surface area contributed by atoms with Crippen LogP contribution in [0.25, 0.3) is 0 Å². The van der Waals surface area contributed by atoms with Gasteiger partial charge in [0.2, 0.25) is 0 Å². The summed E-state index contributed by atoms with van der Waals surface area (Å²) in [5.41, 5.74) is 3.20. The molecule has 2 nitrogen and oxygen atoms in total. The molecule has 1 aliphatic heterocycles. The highest BCUT2D eigenvalue weighted by molar-refractivity contribution is 9.10. The number of benzene rings is 1. The Morgan fingerprint density at radius 3 is 2.69 bits per heavy atom. The number of fused-ring (bicyclic) bond motifs is 1. The second-order valence-corrected chi connectivity index (χ2v) is 5.72. The first-order valence-corrected chi connectivity index (χ1v) is 6.51. The van der Waals surface area contributed by atoms with Crippen molar-refractivity contribution in [2.75, 3.05) is 0 Å². The fourth-order valence-electron chi connectivity index (χ4n) is 2.68. The van der Waals surface area contributed by atoms with Crippen LogP contribution in [0, 0.1) is 6.92 Å². The highest BCUT2D eigenvalue weighted by atomic mass is 79.9. The largest absolute Gasteiger partial charge is 0.329 e. The summed E-state index contributed by atoms with van der Waals surface area (Å²) < 4.78 is 1.07. The predicted molar refractivity (Wildman–Crippen MR) is 66.5 cm³/mol. The molecule has 0 aromatic heterocycles. The number of carbonyl (C=O) groups excluding carboxylic acids is 1. The van der Waals surface area contributed by atoms with Crippen LogP contribution in [0.4, 0.5) is 0 Å². The lowest BCUT2D eigenvalue weighted by Gasteiger charge is -2.21. The van der Waals surface area contributed by atoms with Gasteiger partial charge in [-0.3, -0.25) is 4.79 Å².